The molecule has 92 valence electrons. The van der Waals surface area contributed by atoms with E-state index < -0.39 is 0 Å². The van der Waals surface area contributed by atoms with Crippen LogP contribution in [-0.4, -0.2) is 17.7 Å². The van der Waals surface area contributed by atoms with E-state index in [0.29, 0.717) is 6.04 Å². The molecule has 2 aliphatic rings. The molecule has 3 heteroatoms. The minimum Gasteiger partial charge on any atom is -0.443 e. The molecule has 0 aromatic heterocycles. The lowest BCUT2D eigenvalue weighted by Crippen LogP contribution is -2.45. The molecular weight excluding hydrogens is 202 g/mol. The topological polar surface area (TPSA) is 38.3 Å². The molecule has 0 radical (unpaired) electrons. The zero-order valence-electron chi connectivity index (χ0n) is 10.6. The summed E-state index contributed by atoms with van der Waals surface area (Å²) in [7, 11) is 0. The van der Waals surface area contributed by atoms with Crippen molar-refractivity contribution in [3.63, 3.8) is 0 Å². The Hall–Kier alpha value is -0.730. The Labute approximate surface area is 97.9 Å². The van der Waals surface area contributed by atoms with Crippen LogP contribution in [0, 0.1) is 11.8 Å². The van der Waals surface area contributed by atoms with Crippen molar-refractivity contribution in [1.29, 1.82) is 0 Å². The first-order valence-corrected chi connectivity index (χ1v) is 6.46. The van der Waals surface area contributed by atoms with Gasteiger partial charge in [0.2, 0.25) is 0 Å². The van der Waals surface area contributed by atoms with Crippen molar-refractivity contribution < 1.29 is 9.53 Å². The van der Waals surface area contributed by atoms with E-state index in [0.717, 1.165) is 37.5 Å². The van der Waals surface area contributed by atoms with Gasteiger partial charge in [-0.05, 0) is 50.9 Å². The molecule has 2 fully saturated rings. The zero-order valence-corrected chi connectivity index (χ0v) is 10.6. The molecule has 2 aliphatic carbocycles. The fourth-order valence-electron chi connectivity index (χ4n) is 2.41. The zero-order chi connectivity index (χ0) is 11.8. The van der Waals surface area contributed by atoms with E-state index in [1.807, 2.05) is 6.92 Å². The summed E-state index contributed by atoms with van der Waals surface area (Å²) in [6.45, 7) is 6.50. The average Bonchev–Trinajstić information content (AvgIpc) is 2.78. The van der Waals surface area contributed by atoms with Gasteiger partial charge >= 0.3 is 6.09 Å². The van der Waals surface area contributed by atoms with Gasteiger partial charge in [-0.1, -0.05) is 13.8 Å². The number of nitrogens with one attached hydrogen (secondary N) is 1. The van der Waals surface area contributed by atoms with Crippen LogP contribution in [0.2, 0.25) is 0 Å². The van der Waals surface area contributed by atoms with Crippen LogP contribution < -0.4 is 5.32 Å². The molecule has 1 N–H and O–H groups in total. The third-order valence-corrected chi connectivity index (χ3v) is 3.66. The van der Waals surface area contributed by atoms with E-state index in [9.17, 15) is 4.79 Å². The lowest BCUT2D eigenvalue weighted by atomic mass is 9.76. The first kappa shape index (κ1) is 11.7. The Kier molecular flexibility index (Phi) is 3.13. The predicted molar refractivity (Wildman–Crippen MR) is 63.2 cm³/mol. The molecule has 3 nitrogen and oxygen atoms in total. The molecule has 0 aromatic carbocycles. The Morgan fingerprint density at radius 2 is 2.06 bits per heavy atom. The second-order valence-electron chi connectivity index (χ2n) is 6.15. The molecule has 0 saturated heterocycles. The number of hydrogen-bond acceptors (Lipinski definition) is 2. The number of carbonyl (C=O) groups excluding carboxylic acids is 1. The van der Waals surface area contributed by atoms with E-state index in [1.165, 1.54) is 6.42 Å². The van der Waals surface area contributed by atoms with E-state index in [2.05, 4.69) is 19.2 Å². The normalized spacial score (nSPS) is 30.8. The van der Waals surface area contributed by atoms with Gasteiger partial charge in [0.25, 0.3) is 0 Å². The fraction of sp³-hybridized carbons (Fsp3) is 0.923. The maximum absolute atomic E-state index is 11.5. The molecular formula is C13H23NO2. The van der Waals surface area contributed by atoms with Crippen LogP contribution in [0.4, 0.5) is 4.79 Å². The second kappa shape index (κ2) is 4.27. The molecule has 2 rings (SSSR count). The van der Waals surface area contributed by atoms with Gasteiger partial charge in [-0.25, -0.2) is 4.79 Å². The number of amides is 1. The van der Waals surface area contributed by atoms with Crippen molar-refractivity contribution in [3.05, 3.63) is 0 Å². The summed E-state index contributed by atoms with van der Waals surface area (Å²) in [6.07, 6.45) is 5.36. The maximum atomic E-state index is 11.5. The Balaban J connectivity index is 1.60. The highest BCUT2D eigenvalue weighted by Crippen LogP contribution is 2.39. The summed E-state index contributed by atoms with van der Waals surface area (Å²) in [5, 5.41) is 2.95. The summed E-state index contributed by atoms with van der Waals surface area (Å²) < 4.78 is 5.32. The molecule has 0 heterocycles. The van der Waals surface area contributed by atoms with Crippen LogP contribution in [0.1, 0.15) is 52.9 Å². The summed E-state index contributed by atoms with van der Waals surface area (Å²) in [5.41, 5.74) is -0.148. The van der Waals surface area contributed by atoms with Crippen molar-refractivity contribution in [2.75, 3.05) is 0 Å². The van der Waals surface area contributed by atoms with E-state index >= 15 is 0 Å². The Bertz CT molecular complexity index is 265. The van der Waals surface area contributed by atoms with Crippen molar-refractivity contribution in [1.82, 2.24) is 5.32 Å². The molecule has 0 aliphatic heterocycles. The number of ether oxygens (including phenoxy) is 1. The number of carbonyl (C=O) groups is 1. The number of hydrogen-bond donors (Lipinski definition) is 1. The molecule has 0 bridgehead atoms. The number of alkyl carbamates (subject to hydrolysis) is 1. The number of rotatable bonds is 4. The predicted octanol–water partition coefficient (Wildman–Crippen LogP) is 3.09. The SMILES string of the molecule is CC(C)CC1CC(NC(=O)OC2(C)CC2)C1. The summed E-state index contributed by atoms with van der Waals surface area (Å²) in [5.74, 6) is 1.57. The molecule has 0 aromatic rings. The lowest BCUT2D eigenvalue weighted by Gasteiger charge is -2.36. The standard InChI is InChI=1S/C13H23NO2/c1-9(2)6-10-7-11(8-10)14-12(15)16-13(3)4-5-13/h9-11H,4-8H2,1-3H3,(H,14,15). The van der Waals surface area contributed by atoms with Gasteiger partial charge in [-0.2, -0.15) is 0 Å². The van der Waals surface area contributed by atoms with Gasteiger partial charge in [0.05, 0.1) is 0 Å². The highest BCUT2D eigenvalue weighted by atomic mass is 16.6. The monoisotopic (exact) mass is 225 g/mol. The second-order valence-corrected chi connectivity index (χ2v) is 6.15. The van der Waals surface area contributed by atoms with E-state index in [-0.39, 0.29) is 11.7 Å². The molecule has 0 unspecified atom stereocenters. The van der Waals surface area contributed by atoms with Gasteiger partial charge in [0.1, 0.15) is 5.60 Å². The van der Waals surface area contributed by atoms with Gasteiger partial charge < -0.3 is 10.1 Å². The van der Waals surface area contributed by atoms with Crippen LogP contribution in [-0.2, 0) is 4.74 Å². The molecule has 16 heavy (non-hydrogen) atoms. The van der Waals surface area contributed by atoms with Crippen LogP contribution in [0.5, 0.6) is 0 Å². The van der Waals surface area contributed by atoms with Crippen LogP contribution >= 0.6 is 0 Å². The van der Waals surface area contributed by atoms with Gasteiger partial charge in [-0.15, -0.1) is 0 Å². The van der Waals surface area contributed by atoms with E-state index in [1.54, 1.807) is 0 Å². The molecule has 2 saturated carbocycles. The highest BCUT2D eigenvalue weighted by Gasteiger charge is 2.42. The minimum atomic E-state index is -0.215. The largest absolute Gasteiger partial charge is 0.443 e. The Morgan fingerprint density at radius 1 is 1.44 bits per heavy atom. The highest BCUT2D eigenvalue weighted by molar-refractivity contribution is 5.68. The smallest absolute Gasteiger partial charge is 0.407 e. The first-order valence-electron chi connectivity index (χ1n) is 6.46. The third kappa shape index (κ3) is 3.13. The third-order valence-electron chi connectivity index (χ3n) is 3.66. The summed E-state index contributed by atoms with van der Waals surface area (Å²) in [4.78, 5) is 11.5. The quantitative estimate of drug-likeness (QED) is 0.798. The average molecular weight is 225 g/mol. The maximum Gasteiger partial charge on any atom is 0.407 e. The van der Waals surface area contributed by atoms with Crippen LogP contribution in [0.3, 0.4) is 0 Å². The minimum absolute atomic E-state index is 0.148. The summed E-state index contributed by atoms with van der Waals surface area (Å²) in [6, 6.07) is 0.360. The van der Waals surface area contributed by atoms with Crippen molar-refractivity contribution >= 4 is 6.09 Å². The van der Waals surface area contributed by atoms with Crippen LogP contribution in [0.15, 0.2) is 0 Å². The van der Waals surface area contributed by atoms with Crippen molar-refractivity contribution in [3.8, 4) is 0 Å². The van der Waals surface area contributed by atoms with E-state index in [4.69, 9.17) is 4.74 Å². The molecule has 1 amide bonds. The first-order chi connectivity index (χ1) is 7.47. The lowest BCUT2D eigenvalue weighted by molar-refractivity contribution is 0.0805. The van der Waals surface area contributed by atoms with Gasteiger partial charge in [-0.3, -0.25) is 0 Å². The van der Waals surface area contributed by atoms with Crippen LogP contribution in [0.25, 0.3) is 0 Å². The Morgan fingerprint density at radius 3 is 2.56 bits per heavy atom. The van der Waals surface area contributed by atoms with Crippen molar-refractivity contribution in [2.24, 2.45) is 11.8 Å². The fourth-order valence-corrected chi connectivity index (χ4v) is 2.41. The summed E-state index contributed by atoms with van der Waals surface area (Å²) >= 11 is 0. The van der Waals surface area contributed by atoms with Gasteiger partial charge in [0, 0.05) is 6.04 Å². The van der Waals surface area contributed by atoms with Crippen molar-refractivity contribution in [2.45, 2.75) is 64.5 Å². The molecule has 0 atom stereocenters. The van der Waals surface area contributed by atoms with Gasteiger partial charge in [0.15, 0.2) is 0 Å². The molecule has 0 spiro atoms.